The number of fused-ring (bicyclic) bond motifs is 2. The molecule has 0 fully saturated rings. The van der Waals surface area contributed by atoms with Gasteiger partial charge in [-0.2, -0.15) is 26.3 Å². The summed E-state index contributed by atoms with van der Waals surface area (Å²) in [7, 11) is 0. The minimum absolute atomic E-state index is 0.00862. The number of hydrogen-bond donors (Lipinski definition) is 1. The molecule has 1 amide bonds. The number of hydrogen-bond acceptors (Lipinski definition) is 4. The first kappa shape index (κ1) is 21.7. The zero-order chi connectivity index (χ0) is 22.6. The van der Waals surface area contributed by atoms with Crippen LogP contribution >= 0.6 is 11.8 Å². The Morgan fingerprint density at radius 3 is 2.35 bits per heavy atom. The second-order valence-corrected chi connectivity index (χ2v) is 8.35. The predicted octanol–water partition coefficient (Wildman–Crippen LogP) is 4.45. The molecule has 4 rings (SSSR count). The third-order valence-electron chi connectivity index (χ3n) is 5.16. The van der Waals surface area contributed by atoms with Crippen LogP contribution in [0.2, 0.25) is 0 Å². The molecule has 1 aromatic heterocycles. The van der Waals surface area contributed by atoms with Crippen molar-refractivity contribution in [3.05, 3.63) is 50.9 Å². The van der Waals surface area contributed by atoms with E-state index in [-0.39, 0.29) is 18.0 Å². The van der Waals surface area contributed by atoms with Crippen LogP contribution in [0.15, 0.2) is 28.2 Å². The van der Waals surface area contributed by atoms with Gasteiger partial charge in [-0.05, 0) is 37.5 Å². The van der Waals surface area contributed by atoms with Gasteiger partial charge in [0.1, 0.15) is 0 Å². The van der Waals surface area contributed by atoms with Gasteiger partial charge >= 0.3 is 12.4 Å². The van der Waals surface area contributed by atoms with Crippen molar-refractivity contribution in [2.45, 2.75) is 49.2 Å². The molecular formula is C19H15F6N3O2S. The average Bonchev–Trinajstić information content (AvgIpc) is 3.27. The van der Waals surface area contributed by atoms with Gasteiger partial charge in [0.05, 0.1) is 22.9 Å². The van der Waals surface area contributed by atoms with Gasteiger partial charge in [-0.1, -0.05) is 11.8 Å². The van der Waals surface area contributed by atoms with E-state index < -0.39 is 41.1 Å². The van der Waals surface area contributed by atoms with Crippen LogP contribution in [-0.4, -0.2) is 21.2 Å². The fourth-order valence-electron chi connectivity index (χ4n) is 3.76. The van der Waals surface area contributed by atoms with Crippen molar-refractivity contribution < 1.29 is 31.1 Å². The molecule has 166 valence electrons. The number of benzene rings is 1. The normalized spacial score (nSPS) is 18.1. The number of nitrogens with zero attached hydrogens (tertiary/aromatic N) is 2. The molecule has 0 saturated heterocycles. The number of aryl methyl sites for hydroxylation is 1. The Morgan fingerprint density at radius 1 is 1.10 bits per heavy atom. The highest BCUT2D eigenvalue weighted by atomic mass is 32.2. The highest BCUT2D eigenvalue weighted by Gasteiger charge is 2.37. The monoisotopic (exact) mass is 463 g/mol. The van der Waals surface area contributed by atoms with Gasteiger partial charge in [-0.25, -0.2) is 4.98 Å². The standard InChI is InChI=1S/C19H15F6N3O2S/c20-18(21,22)9-4-10(19(23,24)25)6-11(5-9)26-15(29)7-12-8-31-17-27-14-3-1-2-13(14)16(30)28(12)17/h4-6,12H,1-3,7-8H2,(H,26,29). The number of thioether (sulfide) groups is 1. The summed E-state index contributed by atoms with van der Waals surface area (Å²) < 4.78 is 79.4. The lowest BCUT2D eigenvalue weighted by molar-refractivity contribution is -0.143. The average molecular weight is 463 g/mol. The van der Waals surface area contributed by atoms with Crippen molar-refractivity contribution in [3.8, 4) is 0 Å². The van der Waals surface area contributed by atoms with E-state index in [4.69, 9.17) is 0 Å². The Balaban J connectivity index is 1.57. The van der Waals surface area contributed by atoms with E-state index in [1.807, 2.05) is 0 Å². The molecule has 1 N–H and O–H groups in total. The zero-order valence-corrected chi connectivity index (χ0v) is 16.5. The van der Waals surface area contributed by atoms with Gasteiger partial charge in [-0.15, -0.1) is 0 Å². The molecule has 31 heavy (non-hydrogen) atoms. The first-order valence-electron chi connectivity index (χ1n) is 9.30. The van der Waals surface area contributed by atoms with Crippen LogP contribution in [0.5, 0.6) is 0 Å². The molecule has 1 atom stereocenters. The summed E-state index contributed by atoms with van der Waals surface area (Å²) in [5.41, 5.74) is -2.54. The smallest absolute Gasteiger partial charge is 0.326 e. The van der Waals surface area contributed by atoms with Crippen LogP contribution in [0.3, 0.4) is 0 Å². The second kappa shape index (κ2) is 7.57. The van der Waals surface area contributed by atoms with Crippen LogP contribution in [-0.2, 0) is 30.0 Å². The summed E-state index contributed by atoms with van der Waals surface area (Å²) in [4.78, 5) is 29.6. The van der Waals surface area contributed by atoms with Crippen molar-refractivity contribution in [1.82, 2.24) is 9.55 Å². The SMILES string of the molecule is O=C(CC1CSc2nc3c(c(=O)n21)CCC3)Nc1cc(C(F)(F)F)cc(C(F)(F)F)c1. The molecule has 1 aromatic carbocycles. The quantitative estimate of drug-likeness (QED) is 0.540. The molecule has 1 aliphatic heterocycles. The Morgan fingerprint density at radius 2 is 1.74 bits per heavy atom. The number of carbonyl (C=O) groups is 1. The summed E-state index contributed by atoms with van der Waals surface area (Å²) in [6.07, 6.45) is -8.19. The predicted molar refractivity (Wildman–Crippen MR) is 100.0 cm³/mol. The number of anilines is 1. The summed E-state index contributed by atoms with van der Waals surface area (Å²) in [6.45, 7) is 0. The molecule has 0 bridgehead atoms. The number of amides is 1. The maximum absolute atomic E-state index is 13.0. The van der Waals surface area contributed by atoms with E-state index >= 15 is 0 Å². The molecule has 2 aromatic rings. The molecular weight excluding hydrogens is 448 g/mol. The van der Waals surface area contributed by atoms with E-state index in [1.165, 1.54) is 16.3 Å². The number of alkyl halides is 6. The fourth-order valence-corrected chi connectivity index (χ4v) is 4.91. The number of nitrogens with one attached hydrogen (secondary N) is 1. The van der Waals surface area contributed by atoms with Crippen molar-refractivity contribution in [1.29, 1.82) is 0 Å². The molecule has 5 nitrogen and oxygen atoms in total. The number of rotatable bonds is 3. The molecule has 0 radical (unpaired) electrons. The summed E-state index contributed by atoms with van der Waals surface area (Å²) in [5.74, 6) is -0.437. The lowest BCUT2D eigenvalue weighted by Gasteiger charge is -2.16. The van der Waals surface area contributed by atoms with Crippen LogP contribution in [0.4, 0.5) is 32.0 Å². The van der Waals surface area contributed by atoms with Gasteiger partial charge in [-0.3, -0.25) is 14.2 Å². The maximum Gasteiger partial charge on any atom is 0.416 e. The maximum atomic E-state index is 13.0. The molecule has 12 heteroatoms. The summed E-state index contributed by atoms with van der Waals surface area (Å²) >= 11 is 1.29. The Labute approximate surface area is 175 Å². The Hall–Kier alpha value is -2.50. The van der Waals surface area contributed by atoms with Crippen LogP contribution in [0.25, 0.3) is 0 Å². The van der Waals surface area contributed by atoms with Crippen molar-refractivity contribution in [3.63, 3.8) is 0 Å². The molecule has 0 spiro atoms. The van der Waals surface area contributed by atoms with Crippen LogP contribution < -0.4 is 10.9 Å². The Bertz CT molecular complexity index is 1080. The molecule has 2 heterocycles. The topological polar surface area (TPSA) is 64.0 Å². The zero-order valence-electron chi connectivity index (χ0n) is 15.7. The lowest BCUT2D eigenvalue weighted by atomic mass is 10.1. The highest BCUT2D eigenvalue weighted by molar-refractivity contribution is 7.99. The summed E-state index contributed by atoms with van der Waals surface area (Å²) in [6, 6.07) is 0.306. The van der Waals surface area contributed by atoms with Gasteiger partial charge in [0.15, 0.2) is 5.16 Å². The number of halogens is 6. The number of aromatic nitrogens is 2. The minimum Gasteiger partial charge on any atom is -0.326 e. The third-order valence-corrected chi connectivity index (χ3v) is 6.26. The number of carbonyl (C=O) groups excluding carboxylic acids is 1. The van der Waals surface area contributed by atoms with E-state index in [0.29, 0.717) is 41.4 Å². The second-order valence-electron chi connectivity index (χ2n) is 7.36. The van der Waals surface area contributed by atoms with E-state index in [9.17, 15) is 35.9 Å². The van der Waals surface area contributed by atoms with Crippen molar-refractivity contribution in [2.75, 3.05) is 11.1 Å². The molecule has 1 unspecified atom stereocenters. The molecule has 0 saturated carbocycles. The first-order valence-corrected chi connectivity index (χ1v) is 10.3. The third kappa shape index (κ3) is 4.30. The van der Waals surface area contributed by atoms with Crippen molar-refractivity contribution >= 4 is 23.4 Å². The lowest BCUT2D eigenvalue weighted by Crippen LogP contribution is -2.30. The first-order chi connectivity index (χ1) is 14.4. The van der Waals surface area contributed by atoms with Gasteiger partial charge < -0.3 is 5.32 Å². The van der Waals surface area contributed by atoms with Crippen molar-refractivity contribution in [2.24, 2.45) is 0 Å². The van der Waals surface area contributed by atoms with Gasteiger partial charge in [0.25, 0.3) is 5.56 Å². The fraction of sp³-hybridized carbons (Fsp3) is 0.421. The molecule has 1 aliphatic carbocycles. The Kier molecular flexibility index (Phi) is 5.31. The van der Waals surface area contributed by atoms with Crippen LogP contribution in [0, 0.1) is 0 Å². The van der Waals surface area contributed by atoms with E-state index in [0.717, 1.165) is 12.1 Å². The highest BCUT2D eigenvalue weighted by Crippen LogP contribution is 2.38. The van der Waals surface area contributed by atoms with E-state index in [2.05, 4.69) is 10.3 Å². The molecule has 2 aliphatic rings. The summed E-state index contributed by atoms with van der Waals surface area (Å²) in [5, 5.41) is 2.59. The van der Waals surface area contributed by atoms with Gasteiger partial charge in [0, 0.05) is 23.4 Å². The van der Waals surface area contributed by atoms with Gasteiger partial charge in [0.2, 0.25) is 5.91 Å². The minimum atomic E-state index is -5.01. The van der Waals surface area contributed by atoms with E-state index in [1.54, 1.807) is 0 Å². The largest absolute Gasteiger partial charge is 0.416 e. The van der Waals surface area contributed by atoms with Crippen LogP contribution in [0.1, 0.15) is 41.3 Å².